The van der Waals surface area contributed by atoms with E-state index in [1.165, 1.54) is 24.4 Å². The predicted octanol–water partition coefficient (Wildman–Crippen LogP) is 3.34. The van der Waals surface area contributed by atoms with Crippen molar-refractivity contribution in [2.75, 3.05) is 32.2 Å². The van der Waals surface area contributed by atoms with Gasteiger partial charge in [0.1, 0.15) is 10.6 Å². The third-order valence-corrected chi connectivity index (χ3v) is 7.36. The molecule has 0 saturated carbocycles. The first kappa shape index (κ1) is 21.5. The molecule has 0 radical (unpaired) electrons. The number of amides is 1. The number of hydrogen-bond acceptors (Lipinski definition) is 6. The van der Waals surface area contributed by atoms with Gasteiger partial charge in [-0.05, 0) is 48.7 Å². The van der Waals surface area contributed by atoms with E-state index in [4.69, 9.17) is 14.2 Å². The number of nitrogens with one attached hydrogen (secondary N) is 1. The van der Waals surface area contributed by atoms with Gasteiger partial charge in [0.2, 0.25) is 15.9 Å². The second-order valence-corrected chi connectivity index (χ2v) is 9.44. The van der Waals surface area contributed by atoms with Crippen LogP contribution < -0.4 is 19.5 Å². The molecule has 1 atom stereocenters. The number of anilines is 1. The zero-order valence-electron chi connectivity index (χ0n) is 17.6. The van der Waals surface area contributed by atoms with Gasteiger partial charge in [-0.2, -0.15) is 4.31 Å². The molecule has 1 fully saturated rings. The Bertz CT molecular complexity index is 1090. The number of methoxy groups -OCH3 is 1. The Morgan fingerprint density at radius 2 is 1.87 bits per heavy atom. The topological polar surface area (TPSA) is 94.2 Å². The molecule has 1 N–H and O–H groups in total. The molecule has 2 heterocycles. The molecule has 0 aromatic heterocycles. The Balaban J connectivity index is 1.70. The van der Waals surface area contributed by atoms with Gasteiger partial charge in [-0.15, -0.1) is 0 Å². The zero-order valence-corrected chi connectivity index (χ0v) is 18.4. The molecule has 2 aliphatic heterocycles. The van der Waals surface area contributed by atoms with Crippen LogP contribution in [-0.4, -0.2) is 45.5 Å². The fourth-order valence-electron chi connectivity index (χ4n) is 4.03. The molecule has 9 heteroatoms. The average molecular weight is 447 g/mol. The van der Waals surface area contributed by atoms with Gasteiger partial charge >= 0.3 is 0 Å². The van der Waals surface area contributed by atoms with Gasteiger partial charge in [-0.25, -0.2) is 8.42 Å². The van der Waals surface area contributed by atoms with E-state index >= 15 is 0 Å². The van der Waals surface area contributed by atoms with E-state index in [-0.39, 0.29) is 22.6 Å². The minimum atomic E-state index is -3.88. The summed E-state index contributed by atoms with van der Waals surface area (Å²) in [6.07, 6.45) is 2.25. The first-order chi connectivity index (χ1) is 14.9. The number of hydrogen-bond donors (Lipinski definition) is 1. The van der Waals surface area contributed by atoms with Crippen molar-refractivity contribution >= 4 is 21.6 Å². The molecular weight excluding hydrogens is 420 g/mol. The first-order valence-electron chi connectivity index (χ1n) is 10.3. The number of carbonyl (C=O) groups is 1. The second-order valence-electron chi connectivity index (χ2n) is 7.58. The SMILES string of the molecule is COc1ccc(NC(C)=O)cc1S(=O)(=O)N1CCC[C@H]1c1ccc2c(c1)OCCCO2. The van der Waals surface area contributed by atoms with E-state index in [2.05, 4.69) is 5.32 Å². The lowest BCUT2D eigenvalue weighted by atomic mass is 10.0. The average Bonchev–Trinajstić information content (AvgIpc) is 3.13. The van der Waals surface area contributed by atoms with Crippen LogP contribution in [0.1, 0.15) is 37.8 Å². The van der Waals surface area contributed by atoms with Gasteiger partial charge in [0.25, 0.3) is 0 Å². The molecule has 166 valence electrons. The normalized spacial score (nSPS) is 19.0. The highest BCUT2D eigenvalue weighted by molar-refractivity contribution is 7.89. The van der Waals surface area contributed by atoms with Crippen LogP contribution in [0.2, 0.25) is 0 Å². The summed E-state index contributed by atoms with van der Waals surface area (Å²) in [5, 5.41) is 2.63. The fourth-order valence-corrected chi connectivity index (χ4v) is 5.90. The lowest BCUT2D eigenvalue weighted by Crippen LogP contribution is -2.31. The molecular formula is C22H26N2O6S. The molecule has 4 rings (SSSR count). The molecule has 0 spiro atoms. The first-order valence-corrected chi connectivity index (χ1v) is 11.7. The maximum atomic E-state index is 13.7. The number of sulfonamides is 1. The number of carbonyl (C=O) groups excluding carboxylic acids is 1. The van der Waals surface area contributed by atoms with Crippen molar-refractivity contribution in [2.24, 2.45) is 0 Å². The van der Waals surface area contributed by atoms with Crippen LogP contribution in [0, 0.1) is 0 Å². The Kier molecular flexibility index (Phi) is 6.06. The Labute approximate surface area is 182 Å². The summed E-state index contributed by atoms with van der Waals surface area (Å²) in [6, 6.07) is 9.91. The van der Waals surface area contributed by atoms with Crippen LogP contribution in [0.5, 0.6) is 17.2 Å². The highest BCUT2D eigenvalue weighted by Crippen LogP contribution is 2.42. The third-order valence-electron chi connectivity index (χ3n) is 5.43. The van der Waals surface area contributed by atoms with E-state index in [9.17, 15) is 13.2 Å². The number of rotatable bonds is 5. The maximum absolute atomic E-state index is 13.7. The molecule has 31 heavy (non-hydrogen) atoms. The monoisotopic (exact) mass is 446 g/mol. The molecule has 0 bridgehead atoms. The number of fused-ring (bicyclic) bond motifs is 1. The van der Waals surface area contributed by atoms with E-state index in [0.29, 0.717) is 43.4 Å². The summed E-state index contributed by atoms with van der Waals surface area (Å²) in [4.78, 5) is 11.5. The van der Waals surface area contributed by atoms with Gasteiger partial charge in [0, 0.05) is 25.6 Å². The number of nitrogens with zero attached hydrogens (tertiary/aromatic N) is 1. The van der Waals surface area contributed by atoms with Gasteiger partial charge in [0.05, 0.1) is 26.4 Å². The standard InChI is InChI=1S/C22H26N2O6S/c1-15(25)23-17-7-9-20(28-2)22(14-17)31(26,27)24-10-3-5-18(24)16-6-8-19-21(13-16)30-12-4-11-29-19/h6-9,13-14,18H,3-5,10-12H2,1-2H3,(H,23,25)/t18-/m0/s1. The Morgan fingerprint density at radius 3 is 2.61 bits per heavy atom. The molecule has 8 nitrogen and oxygen atoms in total. The van der Waals surface area contributed by atoms with Crippen molar-refractivity contribution in [3.63, 3.8) is 0 Å². The minimum Gasteiger partial charge on any atom is -0.495 e. The van der Waals surface area contributed by atoms with Crippen LogP contribution in [0.4, 0.5) is 5.69 Å². The lowest BCUT2D eigenvalue weighted by molar-refractivity contribution is -0.114. The van der Waals surface area contributed by atoms with Crippen molar-refractivity contribution in [1.82, 2.24) is 4.31 Å². The van der Waals surface area contributed by atoms with Crippen LogP contribution in [0.15, 0.2) is 41.3 Å². The summed E-state index contributed by atoms with van der Waals surface area (Å²) in [6.45, 7) is 2.94. The summed E-state index contributed by atoms with van der Waals surface area (Å²) in [5.74, 6) is 1.28. The smallest absolute Gasteiger partial charge is 0.247 e. The molecule has 1 amide bonds. The molecule has 0 aliphatic carbocycles. The maximum Gasteiger partial charge on any atom is 0.247 e. The second kappa shape index (κ2) is 8.76. The number of benzene rings is 2. The Hall–Kier alpha value is -2.78. The fraction of sp³-hybridized carbons (Fsp3) is 0.409. The highest BCUT2D eigenvalue weighted by atomic mass is 32.2. The van der Waals surface area contributed by atoms with Crippen molar-refractivity contribution in [3.05, 3.63) is 42.0 Å². The highest BCUT2D eigenvalue weighted by Gasteiger charge is 2.38. The van der Waals surface area contributed by atoms with E-state index in [0.717, 1.165) is 18.4 Å². The predicted molar refractivity (Wildman–Crippen MR) is 115 cm³/mol. The Morgan fingerprint density at radius 1 is 1.10 bits per heavy atom. The summed E-state index contributed by atoms with van der Waals surface area (Å²) in [7, 11) is -2.45. The largest absolute Gasteiger partial charge is 0.495 e. The summed E-state index contributed by atoms with van der Waals surface area (Å²) < 4.78 is 45.6. The zero-order chi connectivity index (χ0) is 22.0. The van der Waals surface area contributed by atoms with Gasteiger partial charge in [-0.1, -0.05) is 6.07 Å². The molecule has 2 aromatic carbocycles. The van der Waals surface area contributed by atoms with Crippen molar-refractivity contribution < 1.29 is 27.4 Å². The van der Waals surface area contributed by atoms with Crippen LogP contribution >= 0.6 is 0 Å². The molecule has 0 unspecified atom stereocenters. The van der Waals surface area contributed by atoms with Gasteiger partial charge < -0.3 is 19.5 Å². The van der Waals surface area contributed by atoms with E-state index in [1.54, 1.807) is 12.1 Å². The van der Waals surface area contributed by atoms with Crippen LogP contribution in [0.3, 0.4) is 0 Å². The lowest BCUT2D eigenvalue weighted by Gasteiger charge is -2.26. The van der Waals surface area contributed by atoms with Crippen molar-refractivity contribution in [2.45, 2.75) is 37.1 Å². The van der Waals surface area contributed by atoms with Crippen LogP contribution in [0.25, 0.3) is 0 Å². The van der Waals surface area contributed by atoms with Crippen LogP contribution in [-0.2, 0) is 14.8 Å². The molecule has 2 aliphatic rings. The van der Waals surface area contributed by atoms with Gasteiger partial charge in [0.15, 0.2) is 11.5 Å². The minimum absolute atomic E-state index is 0.0301. The van der Waals surface area contributed by atoms with E-state index < -0.39 is 10.0 Å². The quantitative estimate of drug-likeness (QED) is 0.757. The molecule has 2 aromatic rings. The van der Waals surface area contributed by atoms with Gasteiger partial charge in [-0.3, -0.25) is 4.79 Å². The number of ether oxygens (including phenoxy) is 3. The van der Waals surface area contributed by atoms with Crippen molar-refractivity contribution in [1.29, 1.82) is 0 Å². The summed E-state index contributed by atoms with van der Waals surface area (Å²) in [5.41, 5.74) is 1.26. The third kappa shape index (κ3) is 4.33. The van der Waals surface area contributed by atoms with E-state index in [1.807, 2.05) is 18.2 Å². The summed E-state index contributed by atoms with van der Waals surface area (Å²) >= 11 is 0. The van der Waals surface area contributed by atoms with Crippen molar-refractivity contribution in [3.8, 4) is 17.2 Å². The molecule has 1 saturated heterocycles.